The third-order valence-corrected chi connectivity index (χ3v) is 4.07. The van der Waals surface area contributed by atoms with Crippen molar-refractivity contribution in [2.75, 3.05) is 18.4 Å². The van der Waals surface area contributed by atoms with E-state index in [1.54, 1.807) is 4.90 Å². The van der Waals surface area contributed by atoms with Crippen LogP contribution >= 0.6 is 0 Å². The van der Waals surface area contributed by atoms with Crippen LogP contribution in [0.25, 0.3) is 0 Å². The molecular weight excluding hydrogens is 344 g/mol. The highest BCUT2D eigenvalue weighted by Gasteiger charge is 2.18. The Morgan fingerprint density at radius 2 is 1.93 bits per heavy atom. The lowest BCUT2D eigenvalue weighted by atomic mass is 10.1. The minimum Gasteiger partial charge on any atom is -0.446 e. The van der Waals surface area contributed by atoms with Gasteiger partial charge in [0.05, 0.1) is 6.54 Å². The predicted molar refractivity (Wildman–Crippen MR) is 105 cm³/mol. The second kappa shape index (κ2) is 10.4. The van der Waals surface area contributed by atoms with Gasteiger partial charge in [-0.05, 0) is 30.9 Å². The van der Waals surface area contributed by atoms with Gasteiger partial charge in [-0.25, -0.2) is 9.78 Å². The average Bonchev–Trinajstić information content (AvgIpc) is 3.15. The molecule has 27 heavy (non-hydrogen) atoms. The number of aromatic nitrogens is 1. The molecule has 7 heteroatoms. The maximum absolute atomic E-state index is 12.7. The van der Waals surface area contributed by atoms with Crippen LogP contribution < -0.4 is 10.6 Å². The Morgan fingerprint density at radius 3 is 2.63 bits per heavy atom. The van der Waals surface area contributed by atoms with Gasteiger partial charge in [0.25, 0.3) is 5.91 Å². The minimum atomic E-state index is -0.268. The highest BCUT2D eigenvalue weighted by atomic mass is 16.3. The normalized spacial score (nSPS) is 10.5. The summed E-state index contributed by atoms with van der Waals surface area (Å²) >= 11 is 0. The van der Waals surface area contributed by atoms with Gasteiger partial charge in [0.1, 0.15) is 6.26 Å². The maximum Gasteiger partial charge on any atom is 0.322 e. The van der Waals surface area contributed by atoms with Crippen molar-refractivity contribution in [3.05, 3.63) is 47.7 Å². The number of carbonyl (C=O) groups excluding carboxylic acids is 2. The summed E-state index contributed by atoms with van der Waals surface area (Å²) in [5.74, 6) is 0.0687. The van der Waals surface area contributed by atoms with Crippen molar-refractivity contribution >= 4 is 17.6 Å². The fourth-order valence-corrected chi connectivity index (χ4v) is 2.65. The molecule has 0 unspecified atom stereocenters. The summed E-state index contributed by atoms with van der Waals surface area (Å²) in [5, 5.41) is 5.72. The summed E-state index contributed by atoms with van der Waals surface area (Å²) in [6, 6.07) is 7.52. The van der Waals surface area contributed by atoms with Gasteiger partial charge in [0, 0.05) is 18.8 Å². The fourth-order valence-electron chi connectivity index (χ4n) is 2.65. The standard InChI is InChI=1S/C20H28N4O3/c1-4-11-21-19(25)17-14-27-18(22-17)13-24(12-5-2)20(26)23-16-10-8-7-9-15(16)6-3/h7-10,14H,4-6,11-13H2,1-3H3,(H,21,25)(H,23,26). The Hall–Kier alpha value is -2.83. The van der Waals surface area contributed by atoms with Crippen molar-refractivity contribution in [2.24, 2.45) is 0 Å². The van der Waals surface area contributed by atoms with Gasteiger partial charge < -0.3 is 20.0 Å². The lowest BCUT2D eigenvalue weighted by molar-refractivity contribution is 0.0948. The number of nitrogens with one attached hydrogen (secondary N) is 2. The number of benzene rings is 1. The predicted octanol–water partition coefficient (Wildman–Crippen LogP) is 3.82. The lowest BCUT2D eigenvalue weighted by Crippen LogP contribution is -2.35. The van der Waals surface area contributed by atoms with E-state index in [1.165, 1.54) is 6.26 Å². The number of para-hydroxylation sites is 1. The maximum atomic E-state index is 12.7. The Morgan fingerprint density at radius 1 is 1.15 bits per heavy atom. The Bertz CT molecular complexity index is 757. The van der Waals surface area contributed by atoms with Crippen LogP contribution in [0.2, 0.25) is 0 Å². The molecule has 0 aliphatic heterocycles. The first-order valence-corrected chi connectivity index (χ1v) is 9.45. The average molecular weight is 372 g/mol. The molecule has 0 aliphatic rings. The molecule has 146 valence electrons. The van der Waals surface area contributed by atoms with Gasteiger partial charge in [-0.3, -0.25) is 4.79 Å². The summed E-state index contributed by atoms with van der Waals surface area (Å²) in [4.78, 5) is 30.5. The summed E-state index contributed by atoms with van der Waals surface area (Å²) in [7, 11) is 0. The molecule has 2 aromatic rings. The highest BCUT2D eigenvalue weighted by Crippen LogP contribution is 2.17. The highest BCUT2D eigenvalue weighted by molar-refractivity contribution is 5.92. The van der Waals surface area contributed by atoms with E-state index in [2.05, 4.69) is 15.6 Å². The molecule has 2 N–H and O–H groups in total. The number of rotatable bonds is 9. The van der Waals surface area contributed by atoms with Crippen molar-refractivity contribution in [1.82, 2.24) is 15.2 Å². The van der Waals surface area contributed by atoms with E-state index in [0.717, 1.165) is 30.5 Å². The molecule has 2 rings (SSSR count). The SMILES string of the molecule is CCCNC(=O)c1coc(CN(CCC)C(=O)Nc2ccccc2CC)n1. The Labute approximate surface area is 160 Å². The number of anilines is 1. The third kappa shape index (κ3) is 5.84. The molecule has 0 aliphatic carbocycles. The van der Waals surface area contributed by atoms with Crippen LogP contribution in [0, 0.1) is 0 Å². The van der Waals surface area contributed by atoms with Crippen molar-refractivity contribution < 1.29 is 14.0 Å². The van der Waals surface area contributed by atoms with E-state index < -0.39 is 0 Å². The first-order valence-electron chi connectivity index (χ1n) is 9.45. The first kappa shape index (κ1) is 20.5. The Kier molecular flexibility index (Phi) is 7.85. The van der Waals surface area contributed by atoms with E-state index in [1.807, 2.05) is 45.0 Å². The van der Waals surface area contributed by atoms with Crippen LogP contribution in [0.4, 0.5) is 10.5 Å². The summed E-state index contributed by atoms with van der Waals surface area (Å²) in [6.45, 7) is 7.37. The summed E-state index contributed by atoms with van der Waals surface area (Å²) in [5.41, 5.74) is 2.11. The molecular formula is C20H28N4O3. The van der Waals surface area contributed by atoms with Crippen molar-refractivity contribution in [3.63, 3.8) is 0 Å². The van der Waals surface area contributed by atoms with E-state index >= 15 is 0 Å². The zero-order chi connectivity index (χ0) is 19.6. The third-order valence-electron chi connectivity index (χ3n) is 4.07. The van der Waals surface area contributed by atoms with Gasteiger partial charge >= 0.3 is 6.03 Å². The number of urea groups is 1. The number of hydrogen-bond acceptors (Lipinski definition) is 4. The van der Waals surface area contributed by atoms with Crippen molar-refractivity contribution in [2.45, 2.75) is 46.6 Å². The monoisotopic (exact) mass is 372 g/mol. The largest absolute Gasteiger partial charge is 0.446 e. The number of oxazole rings is 1. The van der Waals surface area contributed by atoms with Crippen molar-refractivity contribution in [3.8, 4) is 0 Å². The molecule has 0 atom stereocenters. The summed E-state index contributed by atoms with van der Waals surface area (Å²) < 4.78 is 5.39. The van der Waals surface area contributed by atoms with Crippen molar-refractivity contribution in [1.29, 1.82) is 0 Å². The zero-order valence-electron chi connectivity index (χ0n) is 16.2. The molecule has 0 saturated carbocycles. The molecule has 1 heterocycles. The molecule has 0 fully saturated rings. The molecule has 1 aromatic carbocycles. The number of carbonyl (C=O) groups is 2. The lowest BCUT2D eigenvalue weighted by Gasteiger charge is -2.21. The van der Waals surface area contributed by atoms with Gasteiger partial charge in [-0.15, -0.1) is 0 Å². The van der Waals surface area contributed by atoms with Crippen LogP contribution in [0.1, 0.15) is 55.6 Å². The number of amides is 3. The van der Waals surface area contributed by atoms with Gasteiger partial charge in [0.2, 0.25) is 5.89 Å². The second-order valence-corrected chi connectivity index (χ2v) is 6.24. The van der Waals surface area contributed by atoms with E-state index in [4.69, 9.17) is 4.42 Å². The van der Waals surface area contributed by atoms with Crippen LogP contribution in [0.3, 0.4) is 0 Å². The number of nitrogens with zero attached hydrogens (tertiary/aromatic N) is 2. The summed E-state index contributed by atoms with van der Waals surface area (Å²) in [6.07, 6.45) is 3.81. The minimum absolute atomic E-state index is 0.203. The Balaban J connectivity index is 2.05. The topological polar surface area (TPSA) is 87.5 Å². The second-order valence-electron chi connectivity index (χ2n) is 6.24. The van der Waals surface area contributed by atoms with Crippen LogP contribution in [-0.2, 0) is 13.0 Å². The van der Waals surface area contributed by atoms with Gasteiger partial charge in [0.15, 0.2) is 5.69 Å². The molecule has 0 radical (unpaired) electrons. The van der Waals surface area contributed by atoms with E-state index in [9.17, 15) is 9.59 Å². The molecule has 0 saturated heterocycles. The molecule has 0 bridgehead atoms. The molecule has 3 amide bonds. The van der Waals surface area contributed by atoms with Gasteiger partial charge in [-0.2, -0.15) is 0 Å². The quantitative estimate of drug-likeness (QED) is 0.700. The fraction of sp³-hybridized carbons (Fsp3) is 0.450. The van der Waals surface area contributed by atoms with Crippen LogP contribution in [0.15, 0.2) is 34.9 Å². The number of hydrogen-bond donors (Lipinski definition) is 2. The molecule has 7 nitrogen and oxygen atoms in total. The van der Waals surface area contributed by atoms with Crippen LogP contribution in [0.5, 0.6) is 0 Å². The smallest absolute Gasteiger partial charge is 0.322 e. The number of aryl methyl sites for hydroxylation is 1. The zero-order valence-corrected chi connectivity index (χ0v) is 16.2. The van der Waals surface area contributed by atoms with E-state index in [0.29, 0.717) is 19.0 Å². The van der Waals surface area contributed by atoms with E-state index in [-0.39, 0.29) is 24.2 Å². The first-order chi connectivity index (χ1) is 13.1. The molecule has 1 aromatic heterocycles. The molecule has 0 spiro atoms. The van der Waals surface area contributed by atoms with Crippen LogP contribution in [-0.4, -0.2) is 34.9 Å². The van der Waals surface area contributed by atoms with Gasteiger partial charge in [-0.1, -0.05) is 39.0 Å².